The summed E-state index contributed by atoms with van der Waals surface area (Å²) in [5, 5.41) is 5.63. The number of benzene rings is 3. The Bertz CT molecular complexity index is 927. The summed E-state index contributed by atoms with van der Waals surface area (Å²) in [5.41, 5.74) is 3.42. The molecule has 3 aromatic rings. The van der Waals surface area contributed by atoms with Crippen LogP contribution in [0.1, 0.15) is 42.5 Å². The van der Waals surface area contributed by atoms with Gasteiger partial charge in [0.05, 0.1) is 13.2 Å². The SMILES string of the molecule is CCC(NC(=O)CCc1cccc2ccccc12)c1ccc(OC)c(C)c1. The third kappa shape index (κ3) is 4.48. The minimum Gasteiger partial charge on any atom is -0.496 e. The van der Waals surface area contributed by atoms with E-state index in [0.29, 0.717) is 6.42 Å². The summed E-state index contributed by atoms with van der Waals surface area (Å²) in [6, 6.07) is 20.7. The van der Waals surface area contributed by atoms with E-state index in [-0.39, 0.29) is 11.9 Å². The molecule has 27 heavy (non-hydrogen) atoms. The van der Waals surface area contributed by atoms with E-state index < -0.39 is 0 Å². The molecule has 1 amide bonds. The first kappa shape index (κ1) is 19.0. The summed E-state index contributed by atoms with van der Waals surface area (Å²) in [7, 11) is 1.67. The van der Waals surface area contributed by atoms with Crippen molar-refractivity contribution in [3.05, 3.63) is 77.4 Å². The highest BCUT2D eigenvalue weighted by Crippen LogP contribution is 2.25. The lowest BCUT2D eigenvalue weighted by atomic mass is 9.99. The molecule has 3 rings (SSSR count). The maximum atomic E-state index is 12.6. The lowest BCUT2D eigenvalue weighted by Crippen LogP contribution is -2.28. The Balaban J connectivity index is 1.66. The molecule has 0 aliphatic rings. The van der Waals surface area contributed by atoms with E-state index in [4.69, 9.17) is 4.74 Å². The van der Waals surface area contributed by atoms with E-state index in [1.807, 2.05) is 31.2 Å². The molecular formula is C24H27NO2. The molecule has 0 aliphatic heterocycles. The highest BCUT2D eigenvalue weighted by molar-refractivity contribution is 5.86. The van der Waals surface area contributed by atoms with E-state index in [1.54, 1.807) is 7.11 Å². The first-order valence-corrected chi connectivity index (χ1v) is 9.53. The standard InChI is InChI=1S/C24H27NO2/c1-4-22(20-12-14-23(27-3)17(2)16-20)25-24(26)15-13-19-10-7-9-18-8-5-6-11-21(18)19/h5-12,14,16,22H,4,13,15H2,1-3H3,(H,25,26). The Hall–Kier alpha value is -2.81. The molecular weight excluding hydrogens is 334 g/mol. The number of aryl methyl sites for hydroxylation is 2. The molecule has 3 heteroatoms. The van der Waals surface area contributed by atoms with Gasteiger partial charge in [-0.1, -0.05) is 61.5 Å². The van der Waals surface area contributed by atoms with Gasteiger partial charge >= 0.3 is 0 Å². The lowest BCUT2D eigenvalue weighted by molar-refractivity contribution is -0.121. The number of rotatable bonds is 7. The second-order valence-electron chi connectivity index (χ2n) is 6.90. The Labute approximate surface area is 161 Å². The van der Waals surface area contributed by atoms with Gasteiger partial charge in [0.1, 0.15) is 5.75 Å². The van der Waals surface area contributed by atoms with Crippen LogP contribution in [0.15, 0.2) is 60.7 Å². The minimum absolute atomic E-state index is 0.0228. The predicted molar refractivity (Wildman–Crippen MR) is 111 cm³/mol. The van der Waals surface area contributed by atoms with Crippen LogP contribution in [0.5, 0.6) is 5.75 Å². The molecule has 0 radical (unpaired) electrons. The number of fused-ring (bicyclic) bond motifs is 1. The zero-order chi connectivity index (χ0) is 19.2. The number of carbonyl (C=O) groups excluding carboxylic acids is 1. The quantitative estimate of drug-likeness (QED) is 0.615. The van der Waals surface area contributed by atoms with Gasteiger partial charge in [-0.2, -0.15) is 0 Å². The zero-order valence-corrected chi connectivity index (χ0v) is 16.3. The van der Waals surface area contributed by atoms with Gasteiger partial charge in [0.25, 0.3) is 0 Å². The van der Waals surface area contributed by atoms with Crippen molar-refractivity contribution in [2.75, 3.05) is 7.11 Å². The molecule has 0 saturated carbocycles. The van der Waals surface area contributed by atoms with Crippen molar-refractivity contribution in [3.8, 4) is 5.75 Å². The third-order valence-corrected chi connectivity index (χ3v) is 5.07. The normalized spacial score (nSPS) is 12.0. The Kier molecular flexibility index (Phi) is 6.12. The Morgan fingerprint density at radius 1 is 1.07 bits per heavy atom. The van der Waals surface area contributed by atoms with Crippen molar-refractivity contribution >= 4 is 16.7 Å². The van der Waals surface area contributed by atoms with Gasteiger partial charge in [0.15, 0.2) is 0 Å². The second-order valence-corrected chi connectivity index (χ2v) is 6.90. The molecule has 0 fully saturated rings. The van der Waals surface area contributed by atoms with E-state index in [0.717, 1.165) is 29.7 Å². The van der Waals surface area contributed by atoms with E-state index >= 15 is 0 Å². The van der Waals surface area contributed by atoms with Gasteiger partial charge in [-0.15, -0.1) is 0 Å². The van der Waals surface area contributed by atoms with Crippen molar-refractivity contribution in [2.24, 2.45) is 0 Å². The van der Waals surface area contributed by atoms with Gasteiger partial charge in [0.2, 0.25) is 5.91 Å². The fourth-order valence-electron chi connectivity index (χ4n) is 3.56. The third-order valence-electron chi connectivity index (χ3n) is 5.07. The molecule has 0 heterocycles. The van der Waals surface area contributed by atoms with Crippen LogP contribution >= 0.6 is 0 Å². The van der Waals surface area contributed by atoms with Gasteiger partial charge < -0.3 is 10.1 Å². The molecule has 3 nitrogen and oxygen atoms in total. The maximum absolute atomic E-state index is 12.6. The largest absolute Gasteiger partial charge is 0.496 e. The first-order chi connectivity index (χ1) is 13.1. The van der Waals surface area contributed by atoms with Crippen LogP contribution in [-0.2, 0) is 11.2 Å². The van der Waals surface area contributed by atoms with Crippen LogP contribution in [0.25, 0.3) is 10.8 Å². The van der Waals surface area contributed by atoms with Gasteiger partial charge in [-0.05, 0) is 53.3 Å². The average molecular weight is 361 g/mol. The molecule has 0 saturated heterocycles. The predicted octanol–water partition coefficient (Wildman–Crippen LogP) is 5.36. The zero-order valence-electron chi connectivity index (χ0n) is 16.3. The maximum Gasteiger partial charge on any atom is 0.220 e. The molecule has 0 aliphatic carbocycles. The number of hydrogen-bond donors (Lipinski definition) is 1. The first-order valence-electron chi connectivity index (χ1n) is 9.53. The summed E-state index contributed by atoms with van der Waals surface area (Å²) in [5.74, 6) is 0.958. The van der Waals surface area contributed by atoms with Crippen LogP contribution in [0.4, 0.5) is 0 Å². The molecule has 0 bridgehead atoms. The number of nitrogens with one attached hydrogen (secondary N) is 1. The molecule has 1 N–H and O–H groups in total. The van der Waals surface area contributed by atoms with E-state index in [2.05, 4.69) is 48.6 Å². The second kappa shape index (κ2) is 8.72. The summed E-state index contributed by atoms with van der Waals surface area (Å²) in [6.07, 6.45) is 2.08. The van der Waals surface area contributed by atoms with Crippen LogP contribution < -0.4 is 10.1 Å². The number of methoxy groups -OCH3 is 1. The summed E-state index contributed by atoms with van der Waals surface area (Å²) in [4.78, 5) is 12.6. The Morgan fingerprint density at radius 2 is 1.85 bits per heavy atom. The van der Waals surface area contributed by atoms with Crippen molar-refractivity contribution in [1.82, 2.24) is 5.32 Å². The topological polar surface area (TPSA) is 38.3 Å². The molecule has 0 aromatic heterocycles. The van der Waals surface area contributed by atoms with E-state index in [9.17, 15) is 4.79 Å². The highest BCUT2D eigenvalue weighted by atomic mass is 16.5. The van der Waals surface area contributed by atoms with Crippen molar-refractivity contribution in [2.45, 2.75) is 39.2 Å². The van der Waals surface area contributed by atoms with Crippen molar-refractivity contribution < 1.29 is 9.53 Å². The number of amides is 1. The lowest BCUT2D eigenvalue weighted by Gasteiger charge is -2.19. The van der Waals surface area contributed by atoms with Crippen LogP contribution in [0.3, 0.4) is 0 Å². The van der Waals surface area contributed by atoms with Crippen molar-refractivity contribution in [3.63, 3.8) is 0 Å². The minimum atomic E-state index is 0.0228. The molecule has 0 spiro atoms. The number of hydrogen-bond acceptors (Lipinski definition) is 2. The fourth-order valence-corrected chi connectivity index (χ4v) is 3.56. The van der Waals surface area contributed by atoms with Crippen LogP contribution in [0, 0.1) is 6.92 Å². The smallest absolute Gasteiger partial charge is 0.220 e. The molecule has 1 unspecified atom stereocenters. The van der Waals surface area contributed by atoms with Gasteiger partial charge in [-0.3, -0.25) is 4.79 Å². The van der Waals surface area contributed by atoms with E-state index in [1.165, 1.54) is 16.3 Å². The van der Waals surface area contributed by atoms with Crippen LogP contribution in [0.2, 0.25) is 0 Å². The van der Waals surface area contributed by atoms with Gasteiger partial charge in [0, 0.05) is 6.42 Å². The van der Waals surface area contributed by atoms with Gasteiger partial charge in [-0.25, -0.2) is 0 Å². The Morgan fingerprint density at radius 3 is 2.59 bits per heavy atom. The molecule has 140 valence electrons. The summed E-state index contributed by atoms with van der Waals surface area (Å²) >= 11 is 0. The number of carbonyl (C=O) groups is 1. The monoisotopic (exact) mass is 361 g/mol. The number of ether oxygens (including phenoxy) is 1. The summed E-state index contributed by atoms with van der Waals surface area (Å²) < 4.78 is 5.33. The van der Waals surface area contributed by atoms with Crippen molar-refractivity contribution in [1.29, 1.82) is 0 Å². The summed E-state index contributed by atoms with van der Waals surface area (Å²) in [6.45, 7) is 4.12. The highest BCUT2D eigenvalue weighted by Gasteiger charge is 2.14. The average Bonchev–Trinajstić information content (AvgIpc) is 2.70. The fraction of sp³-hybridized carbons (Fsp3) is 0.292. The molecule has 3 aromatic carbocycles. The van der Waals surface area contributed by atoms with Crippen LogP contribution in [-0.4, -0.2) is 13.0 Å². The molecule has 1 atom stereocenters.